The molecule has 94 valence electrons. The number of hydrogen-bond donors (Lipinski definition) is 1. The van der Waals surface area contributed by atoms with Crippen molar-refractivity contribution in [1.29, 1.82) is 0 Å². The lowest BCUT2D eigenvalue weighted by atomic mass is 9.91. The number of hydrogen-bond acceptors (Lipinski definition) is 3. The maximum atomic E-state index is 12.2. The van der Waals surface area contributed by atoms with Crippen molar-refractivity contribution in [2.24, 2.45) is 0 Å². The molecule has 0 bridgehead atoms. The van der Waals surface area contributed by atoms with Crippen LogP contribution in [0.5, 0.6) is 0 Å². The second-order valence-corrected chi connectivity index (χ2v) is 4.77. The number of aliphatic hydroxyl groups is 1. The fourth-order valence-corrected chi connectivity index (χ4v) is 2.45. The molecule has 1 N–H and O–H groups in total. The predicted molar refractivity (Wildman–Crippen MR) is 63.8 cm³/mol. The molecule has 1 aromatic rings. The zero-order chi connectivity index (χ0) is 12.4. The van der Waals surface area contributed by atoms with Gasteiger partial charge in [-0.25, -0.2) is 0 Å². The molecule has 1 aromatic heterocycles. The molecule has 1 fully saturated rings. The van der Waals surface area contributed by atoms with Crippen LogP contribution in [0.25, 0.3) is 0 Å². The molecule has 2 rings (SSSR count). The minimum atomic E-state index is -0.409. The summed E-state index contributed by atoms with van der Waals surface area (Å²) in [6.45, 7) is 1.85. The summed E-state index contributed by atoms with van der Waals surface area (Å²) in [6, 6.07) is 1.69. The average Bonchev–Trinajstić information content (AvgIpc) is 2.74. The molecule has 1 heterocycles. The third-order valence-electron chi connectivity index (χ3n) is 3.57. The van der Waals surface area contributed by atoms with Crippen molar-refractivity contribution in [3.8, 4) is 0 Å². The largest absolute Gasteiger partial charge is 0.459 e. The fraction of sp³-hybridized carbons (Fsp3) is 0.615. The summed E-state index contributed by atoms with van der Waals surface area (Å²) in [4.78, 5) is 13.8. The SMILES string of the molecule is Cc1ccoc1C(=O)N(C)C1CCCCC1O. The normalized spacial score (nSPS) is 24.6. The summed E-state index contributed by atoms with van der Waals surface area (Å²) >= 11 is 0. The summed E-state index contributed by atoms with van der Waals surface area (Å²) in [5.74, 6) is 0.240. The number of aliphatic hydroxyl groups excluding tert-OH is 1. The number of rotatable bonds is 2. The molecule has 1 amide bonds. The van der Waals surface area contributed by atoms with Gasteiger partial charge >= 0.3 is 0 Å². The van der Waals surface area contributed by atoms with E-state index in [-0.39, 0.29) is 11.9 Å². The summed E-state index contributed by atoms with van der Waals surface area (Å²) in [5, 5.41) is 9.93. The van der Waals surface area contributed by atoms with Gasteiger partial charge in [0.1, 0.15) is 0 Å². The monoisotopic (exact) mass is 237 g/mol. The third kappa shape index (κ3) is 2.36. The fourth-order valence-electron chi connectivity index (χ4n) is 2.45. The number of nitrogens with zero attached hydrogens (tertiary/aromatic N) is 1. The minimum Gasteiger partial charge on any atom is -0.459 e. The van der Waals surface area contributed by atoms with E-state index < -0.39 is 6.10 Å². The first-order valence-electron chi connectivity index (χ1n) is 6.10. The van der Waals surface area contributed by atoms with Crippen LogP contribution in [-0.2, 0) is 0 Å². The van der Waals surface area contributed by atoms with Gasteiger partial charge in [0.25, 0.3) is 5.91 Å². The van der Waals surface area contributed by atoms with Crippen LogP contribution in [0.1, 0.15) is 41.8 Å². The molecule has 0 aliphatic heterocycles. The Balaban J connectivity index is 2.11. The molecule has 0 aromatic carbocycles. The van der Waals surface area contributed by atoms with Crippen LogP contribution in [0.4, 0.5) is 0 Å². The Morgan fingerprint density at radius 3 is 2.76 bits per heavy atom. The second kappa shape index (κ2) is 4.92. The number of likely N-dealkylation sites (N-methyl/N-ethyl adjacent to an activating group) is 1. The average molecular weight is 237 g/mol. The smallest absolute Gasteiger partial charge is 0.289 e. The standard InChI is InChI=1S/C13H19NO3/c1-9-7-8-17-12(9)13(16)14(2)10-5-3-4-6-11(10)15/h7-8,10-11,15H,3-6H2,1-2H3. The van der Waals surface area contributed by atoms with Crippen molar-refractivity contribution in [3.05, 3.63) is 23.7 Å². The van der Waals surface area contributed by atoms with Gasteiger partial charge in [0.2, 0.25) is 0 Å². The third-order valence-corrected chi connectivity index (χ3v) is 3.57. The highest BCUT2D eigenvalue weighted by molar-refractivity contribution is 5.92. The molecule has 2 atom stereocenters. The van der Waals surface area contributed by atoms with E-state index in [1.807, 2.05) is 6.92 Å². The van der Waals surface area contributed by atoms with Crippen molar-refractivity contribution in [1.82, 2.24) is 4.90 Å². The van der Waals surface area contributed by atoms with Gasteiger partial charge in [-0.1, -0.05) is 12.8 Å². The van der Waals surface area contributed by atoms with E-state index in [1.54, 1.807) is 18.0 Å². The molecule has 1 aliphatic rings. The molecule has 4 heteroatoms. The number of carbonyl (C=O) groups excluding carboxylic acids is 1. The molecule has 4 nitrogen and oxygen atoms in total. The highest BCUT2D eigenvalue weighted by Gasteiger charge is 2.31. The number of aryl methyl sites for hydroxylation is 1. The van der Waals surface area contributed by atoms with E-state index >= 15 is 0 Å². The maximum absolute atomic E-state index is 12.2. The molecule has 17 heavy (non-hydrogen) atoms. The van der Waals surface area contributed by atoms with Gasteiger partial charge in [-0.15, -0.1) is 0 Å². The lowest BCUT2D eigenvalue weighted by molar-refractivity contribution is 0.0249. The van der Waals surface area contributed by atoms with Gasteiger partial charge < -0.3 is 14.4 Å². The van der Waals surface area contributed by atoms with Gasteiger partial charge in [0.05, 0.1) is 18.4 Å². The zero-order valence-corrected chi connectivity index (χ0v) is 10.3. The number of carbonyl (C=O) groups is 1. The first-order chi connectivity index (χ1) is 8.11. The molecule has 0 saturated heterocycles. The Morgan fingerprint density at radius 1 is 1.47 bits per heavy atom. The molecular formula is C13H19NO3. The topological polar surface area (TPSA) is 53.7 Å². The van der Waals surface area contributed by atoms with Crippen molar-refractivity contribution in [3.63, 3.8) is 0 Å². The van der Waals surface area contributed by atoms with Gasteiger partial charge in [-0.3, -0.25) is 4.79 Å². The van der Waals surface area contributed by atoms with Gasteiger partial charge in [0, 0.05) is 12.6 Å². The van der Waals surface area contributed by atoms with Crippen molar-refractivity contribution >= 4 is 5.91 Å². The maximum Gasteiger partial charge on any atom is 0.289 e. The van der Waals surface area contributed by atoms with Crippen LogP contribution in [0, 0.1) is 6.92 Å². The van der Waals surface area contributed by atoms with Crippen LogP contribution < -0.4 is 0 Å². The molecule has 0 spiro atoms. The van der Waals surface area contributed by atoms with E-state index in [1.165, 1.54) is 6.26 Å². The molecular weight excluding hydrogens is 218 g/mol. The van der Waals surface area contributed by atoms with Crippen LogP contribution in [0.15, 0.2) is 16.7 Å². The summed E-state index contributed by atoms with van der Waals surface area (Å²) in [7, 11) is 1.74. The minimum absolute atomic E-state index is 0.0826. The lowest BCUT2D eigenvalue weighted by Crippen LogP contribution is -2.46. The molecule has 1 saturated carbocycles. The van der Waals surface area contributed by atoms with Crippen molar-refractivity contribution in [2.75, 3.05) is 7.05 Å². The van der Waals surface area contributed by atoms with Crippen LogP contribution in [-0.4, -0.2) is 35.1 Å². The van der Waals surface area contributed by atoms with E-state index in [0.29, 0.717) is 5.76 Å². The Morgan fingerprint density at radius 2 is 2.18 bits per heavy atom. The van der Waals surface area contributed by atoms with Crippen LogP contribution >= 0.6 is 0 Å². The van der Waals surface area contributed by atoms with Gasteiger partial charge in [-0.05, 0) is 25.8 Å². The summed E-state index contributed by atoms with van der Waals surface area (Å²) in [6.07, 6.45) is 4.86. The van der Waals surface area contributed by atoms with Crippen molar-refractivity contribution in [2.45, 2.75) is 44.8 Å². The second-order valence-electron chi connectivity index (χ2n) is 4.77. The van der Waals surface area contributed by atoms with Crippen LogP contribution in [0.2, 0.25) is 0 Å². The highest BCUT2D eigenvalue weighted by atomic mass is 16.3. The lowest BCUT2D eigenvalue weighted by Gasteiger charge is -2.34. The molecule has 2 unspecified atom stereocenters. The van der Waals surface area contributed by atoms with E-state index in [0.717, 1.165) is 31.2 Å². The van der Waals surface area contributed by atoms with Gasteiger partial charge in [0.15, 0.2) is 5.76 Å². The van der Waals surface area contributed by atoms with E-state index in [4.69, 9.17) is 4.42 Å². The van der Waals surface area contributed by atoms with E-state index in [2.05, 4.69) is 0 Å². The first-order valence-corrected chi connectivity index (χ1v) is 6.10. The quantitative estimate of drug-likeness (QED) is 0.855. The number of amides is 1. The first kappa shape index (κ1) is 12.2. The van der Waals surface area contributed by atoms with Crippen molar-refractivity contribution < 1.29 is 14.3 Å². The van der Waals surface area contributed by atoms with Gasteiger partial charge in [-0.2, -0.15) is 0 Å². The zero-order valence-electron chi connectivity index (χ0n) is 10.3. The summed E-state index contributed by atoms with van der Waals surface area (Å²) in [5.41, 5.74) is 0.840. The molecule has 1 aliphatic carbocycles. The Hall–Kier alpha value is -1.29. The predicted octanol–water partition coefficient (Wildman–Crippen LogP) is 1.96. The Bertz CT molecular complexity index is 399. The highest BCUT2D eigenvalue weighted by Crippen LogP contribution is 2.24. The van der Waals surface area contributed by atoms with Crippen LogP contribution in [0.3, 0.4) is 0 Å². The Labute approximate surface area is 101 Å². The Kier molecular flexibility index (Phi) is 3.52. The summed E-state index contributed by atoms with van der Waals surface area (Å²) < 4.78 is 5.20. The number of furan rings is 1. The molecule has 0 radical (unpaired) electrons. The van der Waals surface area contributed by atoms with E-state index in [9.17, 15) is 9.90 Å².